The van der Waals surface area contributed by atoms with E-state index in [0.29, 0.717) is 6.04 Å². The maximum atomic E-state index is 12.0. The molecule has 4 heteroatoms. The topological polar surface area (TPSA) is 54.0 Å². The number of nitrogens with zero attached hydrogens (tertiary/aromatic N) is 1. The average Bonchev–Trinajstić information content (AvgIpc) is 3.12. The maximum absolute atomic E-state index is 12.0. The van der Waals surface area contributed by atoms with Crippen LogP contribution in [0, 0.1) is 0 Å². The SMILES string of the molecule is O=C(NC1CC1)c1cncc2c1CCNC2. The summed E-state index contributed by atoms with van der Waals surface area (Å²) in [6, 6.07) is 0.407. The average molecular weight is 217 g/mol. The number of nitrogens with one attached hydrogen (secondary N) is 2. The number of pyridine rings is 1. The number of carbonyl (C=O) groups is 1. The summed E-state index contributed by atoms with van der Waals surface area (Å²) in [5.41, 5.74) is 3.10. The largest absolute Gasteiger partial charge is 0.349 e. The van der Waals surface area contributed by atoms with E-state index in [4.69, 9.17) is 0 Å². The number of aromatic nitrogens is 1. The highest BCUT2D eigenvalue weighted by atomic mass is 16.1. The van der Waals surface area contributed by atoms with Crippen LogP contribution in [0.3, 0.4) is 0 Å². The molecule has 2 N–H and O–H groups in total. The lowest BCUT2D eigenvalue weighted by Gasteiger charge is -2.19. The fraction of sp³-hybridized carbons (Fsp3) is 0.500. The van der Waals surface area contributed by atoms with Crippen LogP contribution >= 0.6 is 0 Å². The number of hydrogen-bond acceptors (Lipinski definition) is 3. The molecule has 0 atom stereocenters. The molecule has 1 aromatic heterocycles. The Bertz CT molecular complexity index is 426. The van der Waals surface area contributed by atoms with Crippen LogP contribution in [0.15, 0.2) is 12.4 Å². The van der Waals surface area contributed by atoms with Gasteiger partial charge in [0.2, 0.25) is 0 Å². The molecule has 1 aliphatic carbocycles. The van der Waals surface area contributed by atoms with E-state index >= 15 is 0 Å². The second kappa shape index (κ2) is 3.87. The lowest BCUT2D eigenvalue weighted by Crippen LogP contribution is -2.30. The fourth-order valence-corrected chi connectivity index (χ4v) is 2.10. The van der Waals surface area contributed by atoms with Crippen LogP contribution in [0.25, 0.3) is 0 Å². The first kappa shape index (κ1) is 9.78. The Kier molecular flexibility index (Phi) is 2.36. The van der Waals surface area contributed by atoms with Crippen molar-refractivity contribution < 1.29 is 4.79 Å². The van der Waals surface area contributed by atoms with Crippen molar-refractivity contribution in [2.75, 3.05) is 6.54 Å². The number of amides is 1. The van der Waals surface area contributed by atoms with Gasteiger partial charge >= 0.3 is 0 Å². The molecule has 0 bridgehead atoms. The molecule has 0 saturated heterocycles. The molecule has 3 rings (SSSR count). The monoisotopic (exact) mass is 217 g/mol. The Hall–Kier alpha value is -1.42. The lowest BCUT2D eigenvalue weighted by molar-refractivity contribution is 0.0949. The molecular formula is C12H15N3O. The summed E-state index contributed by atoms with van der Waals surface area (Å²) in [4.78, 5) is 16.1. The van der Waals surface area contributed by atoms with Gasteiger partial charge in [-0.25, -0.2) is 0 Å². The highest BCUT2D eigenvalue weighted by Crippen LogP contribution is 2.21. The fourth-order valence-electron chi connectivity index (χ4n) is 2.10. The van der Waals surface area contributed by atoms with Crippen LogP contribution in [0.1, 0.15) is 34.3 Å². The maximum Gasteiger partial charge on any atom is 0.253 e. The summed E-state index contributed by atoms with van der Waals surface area (Å²) in [5.74, 6) is 0.0498. The van der Waals surface area contributed by atoms with E-state index in [1.54, 1.807) is 6.20 Å². The number of hydrogen-bond donors (Lipinski definition) is 2. The zero-order valence-electron chi connectivity index (χ0n) is 9.12. The third-order valence-corrected chi connectivity index (χ3v) is 3.17. The van der Waals surface area contributed by atoms with Crippen LogP contribution in [0.4, 0.5) is 0 Å². The summed E-state index contributed by atoms with van der Waals surface area (Å²) < 4.78 is 0. The summed E-state index contributed by atoms with van der Waals surface area (Å²) in [6.45, 7) is 1.77. The molecule has 0 radical (unpaired) electrons. The van der Waals surface area contributed by atoms with E-state index in [1.807, 2.05) is 6.20 Å². The lowest BCUT2D eigenvalue weighted by atomic mass is 9.98. The predicted octanol–water partition coefficient (Wildman–Crippen LogP) is 0.619. The first-order chi connectivity index (χ1) is 7.84. The molecule has 1 fully saturated rings. The van der Waals surface area contributed by atoms with Crippen LogP contribution in [-0.4, -0.2) is 23.5 Å². The quantitative estimate of drug-likeness (QED) is 0.763. The highest BCUT2D eigenvalue weighted by Gasteiger charge is 2.25. The van der Waals surface area contributed by atoms with Gasteiger partial charge in [-0.05, 0) is 36.9 Å². The van der Waals surface area contributed by atoms with E-state index in [1.165, 1.54) is 5.56 Å². The predicted molar refractivity (Wildman–Crippen MR) is 60.1 cm³/mol. The van der Waals surface area contributed by atoms with Gasteiger partial charge in [0.15, 0.2) is 0 Å². The minimum atomic E-state index is 0.0498. The molecule has 0 unspecified atom stereocenters. The molecule has 1 amide bonds. The first-order valence-electron chi connectivity index (χ1n) is 5.82. The van der Waals surface area contributed by atoms with E-state index in [2.05, 4.69) is 15.6 Å². The van der Waals surface area contributed by atoms with Crippen molar-refractivity contribution in [3.63, 3.8) is 0 Å². The molecule has 2 aliphatic rings. The smallest absolute Gasteiger partial charge is 0.253 e. The molecule has 0 spiro atoms. The van der Waals surface area contributed by atoms with E-state index in [0.717, 1.165) is 43.5 Å². The summed E-state index contributed by atoms with van der Waals surface area (Å²) >= 11 is 0. The molecule has 1 aliphatic heterocycles. The van der Waals surface area contributed by atoms with Crippen molar-refractivity contribution in [2.24, 2.45) is 0 Å². The standard InChI is InChI=1S/C12H15N3O/c16-12(15-9-1-2-9)11-7-14-6-8-5-13-4-3-10(8)11/h6-7,9,13H,1-5H2,(H,15,16). The summed E-state index contributed by atoms with van der Waals surface area (Å²) in [7, 11) is 0. The molecule has 4 nitrogen and oxygen atoms in total. The third kappa shape index (κ3) is 1.80. The van der Waals surface area contributed by atoms with Crippen LogP contribution < -0.4 is 10.6 Å². The highest BCUT2D eigenvalue weighted by molar-refractivity contribution is 5.96. The Morgan fingerprint density at radius 2 is 2.31 bits per heavy atom. The van der Waals surface area contributed by atoms with Crippen molar-refractivity contribution in [3.8, 4) is 0 Å². The van der Waals surface area contributed by atoms with Crippen LogP contribution in [0.5, 0.6) is 0 Å². The summed E-state index contributed by atoms with van der Waals surface area (Å²) in [5, 5.41) is 6.31. The van der Waals surface area contributed by atoms with Gasteiger partial charge in [0.05, 0.1) is 5.56 Å². The molecule has 16 heavy (non-hydrogen) atoms. The van der Waals surface area contributed by atoms with Crippen molar-refractivity contribution in [1.29, 1.82) is 0 Å². The summed E-state index contributed by atoms with van der Waals surface area (Å²) in [6.07, 6.45) is 6.72. The zero-order chi connectivity index (χ0) is 11.0. The Labute approximate surface area is 94.5 Å². The van der Waals surface area contributed by atoms with Gasteiger partial charge < -0.3 is 10.6 Å². The van der Waals surface area contributed by atoms with E-state index in [9.17, 15) is 4.79 Å². The molecule has 84 valence electrons. The minimum absolute atomic E-state index is 0.0498. The molecule has 2 heterocycles. The zero-order valence-corrected chi connectivity index (χ0v) is 9.12. The van der Waals surface area contributed by atoms with Gasteiger partial charge in [-0.2, -0.15) is 0 Å². The van der Waals surface area contributed by atoms with Gasteiger partial charge in [-0.1, -0.05) is 0 Å². The van der Waals surface area contributed by atoms with Gasteiger partial charge in [0, 0.05) is 25.0 Å². The number of rotatable bonds is 2. The second-order valence-electron chi connectivity index (χ2n) is 4.50. The van der Waals surface area contributed by atoms with Gasteiger partial charge in [-0.15, -0.1) is 0 Å². The van der Waals surface area contributed by atoms with Crippen molar-refractivity contribution >= 4 is 5.91 Å². The molecule has 1 aromatic rings. The molecular weight excluding hydrogens is 202 g/mol. The minimum Gasteiger partial charge on any atom is -0.349 e. The third-order valence-electron chi connectivity index (χ3n) is 3.17. The van der Waals surface area contributed by atoms with Gasteiger partial charge in [0.25, 0.3) is 5.91 Å². The van der Waals surface area contributed by atoms with E-state index in [-0.39, 0.29) is 5.91 Å². The second-order valence-corrected chi connectivity index (χ2v) is 4.50. The number of carbonyl (C=O) groups excluding carboxylic acids is 1. The van der Waals surface area contributed by atoms with Gasteiger partial charge in [-0.3, -0.25) is 9.78 Å². The van der Waals surface area contributed by atoms with Crippen LogP contribution in [-0.2, 0) is 13.0 Å². The van der Waals surface area contributed by atoms with Gasteiger partial charge in [0.1, 0.15) is 0 Å². The van der Waals surface area contributed by atoms with Crippen LogP contribution in [0.2, 0.25) is 0 Å². The Morgan fingerprint density at radius 1 is 1.44 bits per heavy atom. The molecule has 1 saturated carbocycles. The van der Waals surface area contributed by atoms with E-state index < -0.39 is 0 Å². The number of fused-ring (bicyclic) bond motifs is 1. The Morgan fingerprint density at radius 3 is 3.12 bits per heavy atom. The van der Waals surface area contributed by atoms with Crippen molar-refractivity contribution in [1.82, 2.24) is 15.6 Å². The Balaban J connectivity index is 1.89. The molecule has 0 aromatic carbocycles. The first-order valence-corrected chi connectivity index (χ1v) is 5.82. The normalized spacial score (nSPS) is 19.0. The van der Waals surface area contributed by atoms with Crippen molar-refractivity contribution in [3.05, 3.63) is 29.1 Å². The van der Waals surface area contributed by atoms with Crippen molar-refractivity contribution in [2.45, 2.75) is 31.8 Å².